The van der Waals surface area contributed by atoms with Gasteiger partial charge in [0.25, 0.3) is 0 Å². The van der Waals surface area contributed by atoms with Crippen molar-refractivity contribution in [3.05, 3.63) is 65.0 Å². The molecular weight excluding hydrogens is 289 g/mol. The van der Waals surface area contributed by atoms with Gasteiger partial charge < -0.3 is 0 Å². The lowest BCUT2D eigenvalue weighted by Gasteiger charge is -2.21. The second-order valence-corrected chi connectivity index (χ2v) is 5.24. The Kier molecular flexibility index (Phi) is 3.39. The summed E-state index contributed by atoms with van der Waals surface area (Å²) in [6.45, 7) is 2.03. The largest absolute Gasteiger partial charge is 0.337 e. The minimum absolute atomic E-state index is 0.0409. The molecule has 0 radical (unpaired) electrons. The van der Waals surface area contributed by atoms with Gasteiger partial charge in [-0.05, 0) is 46.9 Å². The van der Waals surface area contributed by atoms with Gasteiger partial charge in [0, 0.05) is 0 Å². The molecule has 0 saturated carbocycles. The number of fused-ring (bicyclic) bond motifs is 1. The third-order valence-corrected chi connectivity index (χ3v) is 3.85. The fourth-order valence-corrected chi connectivity index (χ4v) is 2.58. The van der Waals surface area contributed by atoms with Crippen LogP contribution in [-0.4, -0.2) is 5.78 Å². The van der Waals surface area contributed by atoms with Gasteiger partial charge in [0.2, 0.25) is 5.78 Å². The van der Waals surface area contributed by atoms with Crippen LogP contribution in [0.15, 0.2) is 42.5 Å². The Bertz CT molecular complexity index is 774. The van der Waals surface area contributed by atoms with Crippen molar-refractivity contribution in [3.8, 4) is 11.1 Å². The summed E-state index contributed by atoms with van der Waals surface area (Å²) in [7, 11) is 0. The molecule has 2 aromatic carbocycles. The molecule has 0 bridgehead atoms. The summed E-state index contributed by atoms with van der Waals surface area (Å²) in [4.78, 5) is 11.3. The SMILES string of the molecule is CCc1ccc(-c2cc(F)c3c(c2)C=CC(=O)C3(F)F)cc1. The predicted molar refractivity (Wildman–Crippen MR) is 79.1 cm³/mol. The van der Waals surface area contributed by atoms with Crippen LogP contribution in [0.4, 0.5) is 13.2 Å². The number of benzene rings is 2. The zero-order valence-electron chi connectivity index (χ0n) is 11.9. The van der Waals surface area contributed by atoms with E-state index in [2.05, 4.69) is 0 Å². The summed E-state index contributed by atoms with van der Waals surface area (Å²) in [6.07, 6.45) is 2.92. The minimum Gasteiger partial charge on any atom is -0.288 e. The monoisotopic (exact) mass is 302 g/mol. The number of alkyl halides is 2. The highest BCUT2D eigenvalue weighted by atomic mass is 19.3. The van der Waals surface area contributed by atoms with E-state index in [1.807, 2.05) is 31.2 Å². The van der Waals surface area contributed by atoms with Crippen LogP contribution in [0.5, 0.6) is 0 Å². The van der Waals surface area contributed by atoms with Crippen LogP contribution in [0, 0.1) is 5.82 Å². The molecule has 3 rings (SSSR count). The van der Waals surface area contributed by atoms with Gasteiger partial charge in [-0.1, -0.05) is 37.3 Å². The molecule has 0 fully saturated rings. The molecule has 1 aliphatic rings. The molecule has 0 spiro atoms. The van der Waals surface area contributed by atoms with Crippen LogP contribution < -0.4 is 0 Å². The molecular formula is C18H13F3O. The zero-order chi connectivity index (χ0) is 15.9. The lowest BCUT2D eigenvalue weighted by molar-refractivity contribution is -0.139. The summed E-state index contributed by atoms with van der Waals surface area (Å²) in [5.74, 6) is -6.26. The van der Waals surface area contributed by atoms with E-state index < -0.39 is 23.1 Å². The molecule has 1 aliphatic carbocycles. The smallest absolute Gasteiger partial charge is 0.288 e. The fourth-order valence-electron chi connectivity index (χ4n) is 2.58. The summed E-state index contributed by atoms with van der Waals surface area (Å²) in [6, 6.07) is 10.0. The Balaban J connectivity index is 2.13. The van der Waals surface area contributed by atoms with E-state index in [4.69, 9.17) is 0 Å². The number of halogens is 3. The highest BCUT2D eigenvalue weighted by Gasteiger charge is 2.45. The second-order valence-electron chi connectivity index (χ2n) is 5.24. The zero-order valence-corrected chi connectivity index (χ0v) is 11.9. The molecule has 0 amide bonds. The molecule has 0 heterocycles. The lowest BCUT2D eigenvalue weighted by atomic mass is 9.89. The van der Waals surface area contributed by atoms with E-state index in [1.54, 1.807) is 0 Å². The van der Waals surface area contributed by atoms with Crippen molar-refractivity contribution in [1.82, 2.24) is 0 Å². The van der Waals surface area contributed by atoms with E-state index >= 15 is 0 Å². The third-order valence-electron chi connectivity index (χ3n) is 3.85. The Morgan fingerprint density at radius 2 is 1.68 bits per heavy atom. The van der Waals surface area contributed by atoms with Crippen molar-refractivity contribution < 1.29 is 18.0 Å². The first kappa shape index (κ1) is 14.6. The average Bonchev–Trinajstić information content (AvgIpc) is 2.50. The van der Waals surface area contributed by atoms with Crippen molar-refractivity contribution in [1.29, 1.82) is 0 Å². The molecule has 0 aromatic heterocycles. The molecule has 0 saturated heterocycles. The van der Waals surface area contributed by atoms with Crippen molar-refractivity contribution >= 4 is 11.9 Å². The third kappa shape index (κ3) is 2.25. The van der Waals surface area contributed by atoms with Gasteiger partial charge in [-0.3, -0.25) is 4.79 Å². The number of carbonyl (C=O) groups excluding carboxylic acids is 1. The maximum Gasteiger partial charge on any atom is 0.337 e. The Labute approximate surface area is 126 Å². The van der Waals surface area contributed by atoms with Crippen LogP contribution in [0.2, 0.25) is 0 Å². The van der Waals surface area contributed by atoms with Gasteiger partial charge >= 0.3 is 5.92 Å². The maximum absolute atomic E-state index is 14.2. The van der Waals surface area contributed by atoms with Crippen LogP contribution in [-0.2, 0) is 17.1 Å². The van der Waals surface area contributed by atoms with E-state index in [-0.39, 0.29) is 5.56 Å². The van der Waals surface area contributed by atoms with Crippen molar-refractivity contribution in [2.45, 2.75) is 19.3 Å². The summed E-state index contributed by atoms with van der Waals surface area (Å²) in [5, 5.41) is 0. The van der Waals surface area contributed by atoms with Crippen molar-refractivity contribution in [2.75, 3.05) is 0 Å². The average molecular weight is 302 g/mol. The molecule has 0 aliphatic heterocycles. The number of rotatable bonds is 2. The quantitative estimate of drug-likeness (QED) is 0.783. The lowest BCUT2D eigenvalue weighted by Crippen LogP contribution is -2.29. The van der Waals surface area contributed by atoms with Crippen LogP contribution in [0.25, 0.3) is 17.2 Å². The standard InChI is InChI=1S/C18H13F3O/c1-2-11-3-5-12(6-4-11)14-9-13-7-8-16(22)18(20,21)17(13)15(19)10-14/h3-10H,2H2,1H3. The van der Waals surface area contributed by atoms with Gasteiger partial charge in [0.05, 0.1) is 5.56 Å². The van der Waals surface area contributed by atoms with Gasteiger partial charge in [-0.15, -0.1) is 0 Å². The predicted octanol–water partition coefficient (Wildman–Crippen LogP) is 4.74. The van der Waals surface area contributed by atoms with E-state index in [1.165, 1.54) is 12.1 Å². The Morgan fingerprint density at radius 1 is 1.00 bits per heavy atom. The number of aryl methyl sites for hydroxylation is 1. The number of allylic oxidation sites excluding steroid dienone is 1. The molecule has 1 nitrogen and oxygen atoms in total. The fraction of sp³-hybridized carbons (Fsp3) is 0.167. The molecule has 0 atom stereocenters. The van der Waals surface area contributed by atoms with E-state index in [9.17, 15) is 18.0 Å². The van der Waals surface area contributed by atoms with Crippen LogP contribution >= 0.6 is 0 Å². The highest BCUT2D eigenvalue weighted by Crippen LogP contribution is 2.40. The molecule has 2 aromatic rings. The first-order valence-corrected chi connectivity index (χ1v) is 6.97. The minimum atomic E-state index is -3.81. The molecule has 22 heavy (non-hydrogen) atoms. The Hall–Kier alpha value is -2.36. The number of hydrogen-bond acceptors (Lipinski definition) is 1. The first-order valence-electron chi connectivity index (χ1n) is 6.97. The maximum atomic E-state index is 14.2. The van der Waals surface area contributed by atoms with Crippen LogP contribution in [0.3, 0.4) is 0 Å². The van der Waals surface area contributed by atoms with Gasteiger partial charge in [0.1, 0.15) is 5.82 Å². The number of hydrogen-bond donors (Lipinski definition) is 0. The van der Waals surface area contributed by atoms with E-state index in [0.717, 1.165) is 29.7 Å². The van der Waals surface area contributed by atoms with E-state index in [0.29, 0.717) is 5.56 Å². The summed E-state index contributed by atoms with van der Waals surface area (Å²) >= 11 is 0. The number of ketones is 1. The summed E-state index contributed by atoms with van der Waals surface area (Å²) in [5.41, 5.74) is 1.59. The van der Waals surface area contributed by atoms with Gasteiger partial charge in [-0.25, -0.2) is 4.39 Å². The van der Waals surface area contributed by atoms with Crippen LogP contribution in [0.1, 0.15) is 23.6 Å². The van der Waals surface area contributed by atoms with Crippen molar-refractivity contribution in [3.63, 3.8) is 0 Å². The molecule has 0 N–H and O–H groups in total. The topological polar surface area (TPSA) is 17.1 Å². The normalized spacial score (nSPS) is 15.7. The van der Waals surface area contributed by atoms with Gasteiger partial charge in [0.15, 0.2) is 0 Å². The molecule has 4 heteroatoms. The highest BCUT2D eigenvalue weighted by molar-refractivity contribution is 6.03. The van der Waals surface area contributed by atoms with Crippen molar-refractivity contribution in [2.24, 2.45) is 0 Å². The first-order chi connectivity index (χ1) is 10.4. The van der Waals surface area contributed by atoms with Gasteiger partial charge in [-0.2, -0.15) is 8.78 Å². The Morgan fingerprint density at radius 3 is 2.32 bits per heavy atom. The second kappa shape index (κ2) is 5.13. The number of carbonyl (C=O) groups is 1. The molecule has 112 valence electrons. The molecule has 0 unspecified atom stereocenters. The summed E-state index contributed by atoms with van der Waals surface area (Å²) < 4.78 is 41.9.